The minimum Gasteiger partial charge on any atom is -0.398 e. The molecule has 3 heterocycles. The molecule has 0 spiro atoms. The maximum Gasteiger partial charge on any atom is 0.434 e. The summed E-state index contributed by atoms with van der Waals surface area (Å²) >= 11 is 0. The fourth-order valence-corrected chi connectivity index (χ4v) is 5.23. The zero-order valence-electron chi connectivity index (χ0n) is 22.2. The number of nitrogens with two attached hydrogens (primary N) is 3. The summed E-state index contributed by atoms with van der Waals surface area (Å²) in [7, 11) is 12.9. The molecular formula is C26H40B2F3N5O. The zero-order chi connectivity index (χ0) is 27.8. The van der Waals surface area contributed by atoms with Gasteiger partial charge in [0.15, 0.2) is 5.69 Å². The molecule has 37 heavy (non-hydrogen) atoms. The molecule has 11 heteroatoms. The third-order valence-electron chi connectivity index (χ3n) is 7.36. The molecule has 202 valence electrons. The third kappa shape index (κ3) is 8.18. The molecule has 0 amide bonds. The predicted octanol–water partition coefficient (Wildman–Crippen LogP) is 3.71. The predicted molar refractivity (Wildman–Crippen MR) is 144 cm³/mol. The Morgan fingerprint density at radius 2 is 1.62 bits per heavy atom. The van der Waals surface area contributed by atoms with Crippen LogP contribution in [0.4, 0.5) is 13.2 Å². The normalized spacial score (nSPS) is 22.8. The van der Waals surface area contributed by atoms with Crippen LogP contribution in [0.15, 0.2) is 35.8 Å². The summed E-state index contributed by atoms with van der Waals surface area (Å²) in [6.07, 6.45) is 3.96. The van der Waals surface area contributed by atoms with Crippen molar-refractivity contribution in [3.63, 3.8) is 0 Å². The molecule has 2 aliphatic heterocycles. The van der Waals surface area contributed by atoms with E-state index in [0.717, 1.165) is 57.2 Å². The lowest BCUT2D eigenvalue weighted by molar-refractivity contribution is -0.141. The van der Waals surface area contributed by atoms with Gasteiger partial charge in [-0.1, -0.05) is 25.6 Å². The average molecular weight is 517 g/mol. The Kier molecular flexibility index (Phi) is 11.4. The van der Waals surface area contributed by atoms with Gasteiger partial charge in [-0.2, -0.15) is 13.2 Å². The number of hydrogen-bond donors (Lipinski definition) is 3. The van der Waals surface area contributed by atoms with Crippen LogP contribution in [-0.4, -0.2) is 57.2 Å². The van der Waals surface area contributed by atoms with Gasteiger partial charge in [-0.25, -0.2) is 0 Å². The molecule has 2 atom stereocenters. The van der Waals surface area contributed by atoms with E-state index < -0.39 is 17.2 Å². The van der Waals surface area contributed by atoms with Gasteiger partial charge in [0.25, 0.3) is 0 Å². The molecule has 4 rings (SSSR count). The zero-order valence-corrected chi connectivity index (χ0v) is 22.2. The summed E-state index contributed by atoms with van der Waals surface area (Å²) in [6.45, 7) is 9.43. The molecule has 3 fully saturated rings. The lowest BCUT2D eigenvalue weighted by Gasteiger charge is -2.45. The van der Waals surface area contributed by atoms with E-state index in [-0.39, 0.29) is 17.1 Å². The second-order valence-corrected chi connectivity index (χ2v) is 9.77. The number of pyridine rings is 1. The van der Waals surface area contributed by atoms with E-state index in [0.29, 0.717) is 11.5 Å². The van der Waals surface area contributed by atoms with Crippen LogP contribution in [0.1, 0.15) is 64.1 Å². The Morgan fingerprint density at radius 1 is 1.05 bits per heavy atom. The van der Waals surface area contributed by atoms with Crippen LogP contribution in [0.5, 0.6) is 0 Å². The average Bonchev–Trinajstić information content (AvgIpc) is 3.49. The first-order valence-corrected chi connectivity index (χ1v) is 13.0. The van der Waals surface area contributed by atoms with Gasteiger partial charge in [0.1, 0.15) is 0 Å². The molecule has 2 saturated heterocycles. The van der Waals surface area contributed by atoms with Gasteiger partial charge in [-0.15, -0.1) is 0 Å². The summed E-state index contributed by atoms with van der Waals surface area (Å²) in [6, 6.07) is 2.61. The van der Waals surface area contributed by atoms with Gasteiger partial charge in [0.05, 0.1) is 21.5 Å². The number of halogens is 3. The van der Waals surface area contributed by atoms with Crippen molar-refractivity contribution >= 4 is 21.4 Å². The number of ether oxygens (including phenoxy) is 1. The smallest absolute Gasteiger partial charge is 0.398 e. The Morgan fingerprint density at radius 3 is 2.14 bits per heavy atom. The highest BCUT2D eigenvalue weighted by Crippen LogP contribution is 2.41. The van der Waals surface area contributed by atoms with Crippen LogP contribution in [0.3, 0.4) is 0 Å². The molecular weight excluding hydrogens is 477 g/mol. The number of hydrogen-bond acceptors (Lipinski definition) is 6. The van der Waals surface area contributed by atoms with Crippen LogP contribution in [-0.2, 0) is 10.9 Å². The molecule has 1 aromatic rings. The minimum absolute atomic E-state index is 0.00426. The molecule has 6 N–H and O–H groups in total. The molecule has 3 aliphatic rings. The molecule has 4 radical (unpaired) electrons. The molecule has 0 aromatic carbocycles. The molecule has 1 aromatic heterocycles. The minimum atomic E-state index is -4.57. The number of nitrogens with zero attached hydrogens (tertiary/aromatic N) is 2. The lowest BCUT2D eigenvalue weighted by Crippen LogP contribution is -2.55. The summed E-state index contributed by atoms with van der Waals surface area (Å²) in [5.74, 6) is 2.12. The first-order valence-electron chi connectivity index (χ1n) is 13.0. The van der Waals surface area contributed by atoms with Crippen LogP contribution >= 0.6 is 0 Å². The molecule has 2 unspecified atom stereocenters. The van der Waals surface area contributed by atoms with E-state index in [2.05, 4.69) is 9.88 Å². The van der Waals surface area contributed by atoms with Gasteiger partial charge in [-0.05, 0) is 74.1 Å². The second kappa shape index (κ2) is 13.6. The van der Waals surface area contributed by atoms with Crippen molar-refractivity contribution in [3.05, 3.63) is 47.1 Å². The van der Waals surface area contributed by atoms with Crippen LogP contribution in [0.2, 0.25) is 0 Å². The summed E-state index contributed by atoms with van der Waals surface area (Å²) < 4.78 is 43.5. The lowest BCUT2D eigenvalue weighted by atomic mass is 9.52. The van der Waals surface area contributed by atoms with Crippen molar-refractivity contribution in [2.75, 3.05) is 26.3 Å². The summed E-state index contributed by atoms with van der Waals surface area (Å²) in [4.78, 5) is 5.66. The Balaban J connectivity index is 0.000000244. The van der Waals surface area contributed by atoms with Crippen molar-refractivity contribution in [3.8, 4) is 0 Å². The van der Waals surface area contributed by atoms with Crippen molar-refractivity contribution < 1.29 is 17.9 Å². The Labute approximate surface area is 222 Å². The van der Waals surface area contributed by atoms with E-state index >= 15 is 0 Å². The van der Waals surface area contributed by atoms with Gasteiger partial charge < -0.3 is 26.8 Å². The highest BCUT2D eigenvalue weighted by molar-refractivity contribution is 6.40. The van der Waals surface area contributed by atoms with E-state index in [1.54, 1.807) is 6.92 Å². The number of alkyl halides is 3. The van der Waals surface area contributed by atoms with Gasteiger partial charge in [0, 0.05) is 43.8 Å². The molecule has 1 aliphatic carbocycles. The first-order chi connectivity index (χ1) is 17.4. The second-order valence-electron chi connectivity index (χ2n) is 9.77. The molecule has 6 nitrogen and oxygen atoms in total. The highest BCUT2D eigenvalue weighted by Gasteiger charge is 2.43. The van der Waals surface area contributed by atoms with E-state index in [1.807, 2.05) is 13.8 Å². The molecule has 0 bridgehead atoms. The van der Waals surface area contributed by atoms with Crippen molar-refractivity contribution in [1.82, 2.24) is 9.88 Å². The van der Waals surface area contributed by atoms with Crippen molar-refractivity contribution in [2.45, 2.75) is 64.4 Å². The van der Waals surface area contributed by atoms with Crippen molar-refractivity contribution in [2.24, 2.45) is 35.0 Å². The summed E-state index contributed by atoms with van der Waals surface area (Å²) in [5.41, 5.74) is 15.3. The molecule has 1 saturated carbocycles. The Hall–Kier alpha value is -2.13. The standard InChI is InChI=1S/C13H21B2NO.C11H13F3N4.C2H6/c14-13(15,12-4-6-17-7-5-12)16-8-10-2-1-3-11(10)9-16;1-6(10(16)17)5-8(15)7-3-2-4-18-9(7)11(12,13)14;1-2/h10-12H,1-9H2;2-5H,15-17H2,1H3;1-2H3/b;8-5-;. The van der Waals surface area contributed by atoms with Gasteiger partial charge >= 0.3 is 6.18 Å². The number of aromatic nitrogens is 1. The largest absolute Gasteiger partial charge is 0.434 e. The number of likely N-dealkylation sites (tertiary alicyclic amines) is 1. The third-order valence-corrected chi connectivity index (χ3v) is 7.36. The van der Waals surface area contributed by atoms with Crippen molar-refractivity contribution in [1.29, 1.82) is 0 Å². The van der Waals surface area contributed by atoms with Crippen LogP contribution in [0, 0.1) is 17.8 Å². The van der Waals surface area contributed by atoms with E-state index in [1.165, 1.54) is 37.5 Å². The van der Waals surface area contributed by atoms with Gasteiger partial charge in [0.2, 0.25) is 0 Å². The summed E-state index contributed by atoms with van der Waals surface area (Å²) in [5, 5.41) is -0.603. The number of allylic oxidation sites excluding steroid dienone is 2. The van der Waals surface area contributed by atoms with E-state index in [4.69, 9.17) is 37.6 Å². The monoisotopic (exact) mass is 517 g/mol. The fraction of sp³-hybridized carbons (Fsp3) is 0.654. The SMILES string of the molecule is CC.CC(/C=C(\N)c1cccnc1C(F)(F)F)=C(N)N.[B]C([B])(C1CCOCC1)N1CC2CCCC2C1. The topological polar surface area (TPSA) is 103 Å². The highest BCUT2D eigenvalue weighted by atomic mass is 19.4. The fourth-order valence-electron chi connectivity index (χ4n) is 5.23. The van der Waals surface area contributed by atoms with Gasteiger partial charge in [-0.3, -0.25) is 4.98 Å². The Bertz CT molecular complexity index is 917. The van der Waals surface area contributed by atoms with Crippen LogP contribution in [0.25, 0.3) is 5.70 Å². The van der Waals surface area contributed by atoms with E-state index in [9.17, 15) is 13.2 Å². The maximum atomic E-state index is 12.7. The van der Waals surface area contributed by atoms with Crippen LogP contribution < -0.4 is 17.2 Å². The first kappa shape index (κ1) is 31.1. The maximum absolute atomic E-state index is 12.7. The number of rotatable bonds is 4. The number of fused-ring (bicyclic) bond motifs is 1. The quantitative estimate of drug-likeness (QED) is 0.416.